The van der Waals surface area contributed by atoms with Gasteiger partial charge in [0, 0.05) is 7.11 Å². The van der Waals surface area contributed by atoms with Crippen molar-refractivity contribution in [2.24, 2.45) is 11.8 Å². The molecule has 0 aromatic heterocycles. The van der Waals surface area contributed by atoms with E-state index in [1.165, 1.54) is 18.4 Å². The highest BCUT2D eigenvalue weighted by molar-refractivity contribution is 5.00. The van der Waals surface area contributed by atoms with Crippen molar-refractivity contribution in [3.8, 4) is 0 Å². The van der Waals surface area contributed by atoms with Gasteiger partial charge in [0.15, 0.2) is 0 Å². The Labute approximate surface area is 86.7 Å². The summed E-state index contributed by atoms with van der Waals surface area (Å²) < 4.78 is 5.49. The third-order valence-corrected chi connectivity index (χ3v) is 2.98. The van der Waals surface area contributed by atoms with Crippen LogP contribution in [-0.4, -0.2) is 19.3 Å². The second kappa shape index (κ2) is 5.49. The summed E-state index contributed by atoms with van der Waals surface area (Å²) >= 11 is 0. The molecule has 1 saturated carbocycles. The van der Waals surface area contributed by atoms with Gasteiger partial charge in [-0.1, -0.05) is 19.1 Å². The summed E-state index contributed by atoms with van der Waals surface area (Å²) in [5, 5.41) is 0. The third-order valence-electron chi connectivity index (χ3n) is 2.98. The van der Waals surface area contributed by atoms with Crippen molar-refractivity contribution in [2.75, 3.05) is 7.11 Å². The molecular weight excluding hydrogens is 176 g/mol. The SMILES string of the molecule is C=C(CC)CC(NN)C(OC)C1CC1. The van der Waals surface area contributed by atoms with Crippen LogP contribution in [0.5, 0.6) is 0 Å². The van der Waals surface area contributed by atoms with Gasteiger partial charge in [0.05, 0.1) is 12.1 Å². The molecule has 1 fully saturated rings. The molecule has 0 spiro atoms. The molecule has 0 saturated heterocycles. The van der Waals surface area contributed by atoms with Crippen LogP contribution in [0.2, 0.25) is 0 Å². The minimum absolute atomic E-state index is 0.222. The van der Waals surface area contributed by atoms with Crippen LogP contribution in [0, 0.1) is 5.92 Å². The zero-order valence-corrected chi connectivity index (χ0v) is 9.25. The van der Waals surface area contributed by atoms with Crippen molar-refractivity contribution in [3.63, 3.8) is 0 Å². The first-order chi connectivity index (χ1) is 6.72. The smallest absolute Gasteiger partial charge is 0.0768 e. The fourth-order valence-corrected chi connectivity index (χ4v) is 1.84. The van der Waals surface area contributed by atoms with E-state index < -0.39 is 0 Å². The minimum atomic E-state index is 0.222. The second-order valence-corrected chi connectivity index (χ2v) is 4.12. The van der Waals surface area contributed by atoms with Crippen LogP contribution in [0.15, 0.2) is 12.2 Å². The molecule has 1 aliphatic carbocycles. The number of hydrogen-bond donors (Lipinski definition) is 2. The van der Waals surface area contributed by atoms with Gasteiger partial charge in [0.25, 0.3) is 0 Å². The van der Waals surface area contributed by atoms with Gasteiger partial charge >= 0.3 is 0 Å². The summed E-state index contributed by atoms with van der Waals surface area (Å²) in [5.74, 6) is 6.25. The quantitative estimate of drug-likeness (QED) is 0.371. The Kier molecular flexibility index (Phi) is 4.58. The molecule has 0 amide bonds. The second-order valence-electron chi connectivity index (χ2n) is 4.12. The maximum absolute atomic E-state index is 5.55. The summed E-state index contributed by atoms with van der Waals surface area (Å²) in [5.41, 5.74) is 4.09. The number of ether oxygens (including phenoxy) is 1. The molecule has 2 unspecified atom stereocenters. The highest BCUT2D eigenvalue weighted by atomic mass is 16.5. The van der Waals surface area contributed by atoms with Gasteiger partial charge in [0.1, 0.15) is 0 Å². The Morgan fingerprint density at radius 2 is 2.29 bits per heavy atom. The van der Waals surface area contributed by atoms with E-state index in [0.29, 0.717) is 5.92 Å². The topological polar surface area (TPSA) is 47.3 Å². The van der Waals surface area contributed by atoms with Gasteiger partial charge in [0.2, 0.25) is 0 Å². The van der Waals surface area contributed by atoms with Crippen LogP contribution >= 0.6 is 0 Å². The Bertz CT molecular complexity index is 190. The first-order valence-electron chi connectivity index (χ1n) is 5.38. The van der Waals surface area contributed by atoms with Gasteiger partial charge in [-0.15, -0.1) is 0 Å². The average molecular weight is 198 g/mol. The molecule has 0 aromatic carbocycles. The first kappa shape index (κ1) is 11.7. The maximum atomic E-state index is 5.55. The highest BCUT2D eigenvalue weighted by Crippen LogP contribution is 2.36. The van der Waals surface area contributed by atoms with Gasteiger partial charge in [-0.05, 0) is 31.6 Å². The lowest BCUT2D eigenvalue weighted by atomic mass is 9.98. The van der Waals surface area contributed by atoms with Crippen LogP contribution in [0.3, 0.4) is 0 Å². The number of methoxy groups -OCH3 is 1. The lowest BCUT2D eigenvalue weighted by Crippen LogP contribution is -2.46. The zero-order valence-electron chi connectivity index (χ0n) is 9.25. The molecule has 3 N–H and O–H groups in total. The minimum Gasteiger partial charge on any atom is -0.379 e. The van der Waals surface area contributed by atoms with E-state index in [1.807, 2.05) is 0 Å². The van der Waals surface area contributed by atoms with Crippen molar-refractivity contribution in [1.29, 1.82) is 0 Å². The monoisotopic (exact) mass is 198 g/mol. The number of rotatable bonds is 7. The summed E-state index contributed by atoms with van der Waals surface area (Å²) in [7, 11) is 1.77. The average Bonchev–Trinajstić information content (AvgIpc) is 3.01. The number of nitrogens with one attached hydrogen (secondary N) is 1. The van der Waals surface area contributed by atoms with Crippen molar-refractivity contribution >= 4 is 0 Å². The normalized spacial score (nSPS) is 20.5. The first-order valence-corrected chi connectivity index (χ1v) is 5.38. The molecule has 1 rings (SSSR count). The largest absolute Gasteiger partial charge is 0.379 e. The van der Waals surface area contributed by atoms with Crippen LogP contribution in [0.1, 0.15) is 32.6 Å². The standard InChI is InChI=1S/C11H22N2O/c1-4-8(2)7-10(13-12)11(14-3)9-5-6-9/h9-11,13H,2,4-7,12H2,1,3H3. The van der Waals surface area contributed by atoms with E-state index in [-0.39, 0.29) is 12.1 Å². The molecule has 0 radical (unpaired) electrons. The maximum Gasteiger partial charge on any atom is 0.0768 e. The van der Waals surface area contributed by atoms with Gasteiger partial charge < -0.3 is 4.74 Å². The number of hydrogen-bond acceptors (Lipinski definition) is 3. The molecule has 82 valence electrons. The lowest BCUT2D eigenvalue weighted by Gasteiger charge is -2.25. The van der Waals surface area contributed by atoms with E-state index in [1.54, 1.807) is 7.11 Å². The molecule has 1 aliphatic rings. The summed E-state index contributed by atoms with van der Waals surface area (Å²) in [4.78, 5) is 0. The van der Waals surface area contributed by atoms with Crippen molar-refractivity contribution in [1.82, 2.24) is 5.43 Å². The summed E-state index contributed by atoms with van der Waals surface area (Å²) in [6, 6.07) is 0.222. The van der Waals surface area contributed by atoms with Crippen molar-refractivity contribution in [3.05, 3.63) is 12.2 Å². The molecular formula is C11H22N2O. The van der Waals surface area contributed by atoms with E-state index >= 15 is 0 Å². The van der Waals surface area contributed by atoms with Crippen LogP contribution in [0.4, 0.5) is 0 Å². The molecule has 0 heterocycles. The Hall–Kier alpha value is -0.380. The van der Waals surface area contributed by atoms with E-state index in [4.69, 9.17) is 10.6 Å². The van der Waals surface area contributed by atoms with Crippen LogP contribution in [0.25, 0.3) is 0 Å². The molecule has 14 heavy (non-hydrogen) atoms. The predicted octanol–water partition coefficient (Wildman–Crippen LogP) is 1.60. The Balaban J connectivity index is 2.45. The molecule has 3 heteroatoms. The van der Waals surface area contributed by atoms with Gasteiger partial charge in [-0.2, -0.15) is 0 Å². The number of hydrazine groups is 1. The fourth-order valence-electron chi connectivity index (χ4n) is 1.84. The Morgan fingerprint density at radius 3 is 2.64 bits per heavy atom. The van der Waals surface area contributed by atoms with Crippen LogP contribution in [-0.2, 0) is 4.74 Å². The van der Waals surface area contributed by atoms with Crippen molar-refractivity contribution < 1.29 is 4.74 Å². The lowest BCUT2D eigenvalue weighted by molar-refractivity contribution is 0.0509. The van der Waals surface area contributed by atoms with Gasteiger partial charge in [-0.3, -0.25) is 11.3 Å². The highest BCUT2D eigenvalue weighted by Gasteiger charge is 2.36. The molecule has 0 bridgehead atoms. The van der Waals surface area contributed by atoms with Crippen molar-refractivity contribution in [2.45, 2.75) is 44.8 Å². The fraction of sp³-hybridized carbons (Fsp3) is 0.818. The number of nitrogens with two attached hydrogens (primary N) is 1. The molecule has 0 aliphatic heterocycles. The van der Waals surface area contributed by atoms with E-state index in [0.717, 1.165) is 12.8 Å². The van der Waals surface area contributed by atoms with E-state index in [2.05, 4.69) is 18.9 Å². The molecule has 0 aromatic rings. The van der Waals surface area contributed by atoms with Gasteiger partial charge in [-0.25, -0.2) is 0 Å². The zero-order chi connectivity index (χ0) is 10.6. The molecule has 3 nitrogen and oxygen atoms in total. The molecule has 2 atom stereocenters. The summed E-state index contributed by atoms with van der Waals surface area (Å²) in [6.07, 6.45) is 4.73. The van der Waals surface area contributed by atoms with E-state index in [9.17, 15) is 0 Å². The summed E-state index contributed by atoms with van der Waals surface area (Å²) in [6.45, 7) is 6.13. The third kappa shape index (κ3) is 3.08. The van der Waals surface area contributed by atoms with Crippen LogP contribution < -0.4 is 11.3 Å². The predicted molar refractivity (Wildman–Crippen MR) is 58.7 cm³/mol. The Morgan fingerprint density at radius 1 is 1.64 bits per heavy atom.